The van der Waals surface area contributed by atoms with Gasteiger partial charge in [0, 0.05) is 36.9 Å². The zero-order valence-electron chi connectivity index (χ0n) is 20.8. The monoisotopic (exact) mass is 490 g/mol. The third kappa shape index (κ3) is 5.77. The molecule has 0 saturated carbocycles. The van der Waals surface area contributed by atoms with E-state index in [2.05, 4.69) is 38.1 Å². The molecule has 1 aromatic heterocycles. The molecule has 2 aromatic carbocycles. The van der Waals surface area contributed by atoms with Crippen molar-refractivity contribution >= 4 is 6.03 Å². The number of benzene rings is 2. The summed E-state index contributed by atoms with van der Waals surface area (Å²) in [5.74, 6) is -0.209. The van der Waals surface area contributed by atoms with Crippen LogP contribution in [0.25, 0.3) is 0 Å². The quantitative estimate of drug-likeness (QED) is 0.435. The topological polar surface area (TPSA) is 74.2 Å². The number of rotatable bonds is 8. The summed E-state index contributed by atoms with van der Waals surface area (Å²) in [6, 6.07) is 17.5. The van der Waals surface area contributed by atoms with Gasteiger partial charge in [0.1, 0.15) is 5.82 Å². The van der Waals surface area contributed by atoms with Crippen LogP contribution in [0.3, 0.4) is 0 Å². The third-order valence-electron chi connectivity index (χ3n) is 7.36. The molecule has 2 aliphatic rings. The molecular weight excluding hydrogens is 455 g/mol. The van der Waals surface area contributed by atoms with Gasteiger partial charge in [0.05, 0.1) is 18.8 Å². The first-order chi connectivity index (χ1) is 17.6. The molecule has 190 valence electrons. The van der Waals surface area contributed by atoms with E-state index in [1.807, 2.05) is 37.5 Å². The van der Waals surface area contributed by atoms with E-state index in [4.69, 9.17) is 0 Å². The molecule has 3 aromatic rings. The molecule has 3 atom stereocenters. The fourth-order valence-corrected chi connectivity index (χ4v) is 5.35. The van der Waals surface area contributed by atoms with E-state index in [0.29, 0.717) is 12.6 Å². The highest BCUT2D eigenvalue weighted by atomic mass is 19.1. The van der Waals surface area contributed by atoms with Crippen LogP contribution in [-0.4, -0.2) is 40.3 Å². The minimum absolute atomic E-state index is 0.000878. The summed E-state index contributed by atoms with van der Waals surface area (Å²) >= 11 is 0. The second-order valence-corrected chi connectivity index (χ2v) is 9.98. The van der Waals surface area contributed by atoms with E-state index in [-0.39, 0.29) is 23.9 Å². The minimum Gasteiger partial charge on any atom is -0.331 e. The van der Waals surface area contributed by atoms with E-state index >= 15 is 0 Å². The molecule has 2 heterocycles. The van der Waals surface area contributed by atoms with Gasteiger partial charge in [-0.3, -0.25) is 15.5 Å². The number of carbonyl (C=O) groups excluding carboxylic acids is 1. The van der Waals surface area contributed by atoms with Crippen molar-refractivity contribution in [2.75, 3.05) is 13.6 Å². The van der Waals surface area contributed by atoms with E-state index in [9.17, 15) is 9.18 Å². The Kier molecular flexibility index (Phi) is 7.63. The van der Waals surface area contributed by atoms with Crippen LogP contribution in [0.4, 0.5) is 9.18 Å². The van der Waals surface area contributed by atoms with Crippen LogP contribution in [0.2, 0.25) is 0 Å². The van der Waals surface area contributed by atoms with Crippen molar-refractivity contribution in [2.45, 2.75) is 63.2 Å². The van der Waals surface area contributed by atoms with Crippen molar-refractivity contribution in [3.8, 4) is 0 Å². The maximum absolute atomic E-state index is 13.5. The summed E-state index contributed by atoms with van der Waals surface area (Å²) in [5.41, 5.74) is 11.2. The van der Waals surface area contributed by atoms with Gasteiger partial charge in [-0.05, 0) is 61.8 Å². The van der Waals surface area contributed by atoms with Gasteiger partial charge in [-0.2, -0.15) is 5.10 Å². The van der Waals surface area contributed by atoms with Crippen LogP contribution < -0.4 is 16.2 Å². The smallest absolute Gasteiger partial charge is 0.317 e. The van der Waals surface area contributed by atoms with Crippen molar-refractivity contribution in [3.63, 3.8) is 0 Å². The van der Waals surface area contributed by atoms with Crippen LogP contribution in [-0.2, 0) is 13.0 Å². The molecule has 36 heavy (non-hydrogen) atoms. The molecule has 1 saturated heterocycles. The summed E-state index contributed by atoms with van der Waals surface area (Å²) in [4.78, 5) is 14.7. The van der Waals surface area contributed by atoms with Crippen molar-refractivity contribution in [3.05, 3.63) is 89.0 Å². The SMILES string of the molecule is CN(CCCC1CC(c2cccc(F)c2)NN1)C(=O)NC1CCCc2c1cnn2Cc1ccccc1. The number of nitrogens with zero attached hydrogens (tertiary/aromatic N) is 3. The van der Waals surface area contributed by atoms with Gasteiger partial charge in [0.2, 0.25) is 0 Å². The Balaban J connectivity index is 1.09. The predicted molar refractivity (Wildman–Crippen MR) is 138 cm³/mol. The molecule has 1 fully saturated rings. The summed E-state index contributed by atoms with van der Waals surface area (Å²) in [6.07, 6.45) is 7.62. The fourth-order valence-electron chi connectivity index (χ4n) is 5.35. The Morgan fingerprint density at radius 2 is 2.06 bits per heavy atom. The molecule has 1 aliphatic carbocycles. The van der Waals surface area contributed by atoms with Crippen molar-refractivity contribution in [1.82, 2.24) is 30.8 Å². The number of hydrogen-bond acceptors (Lipinski definition) is 4. The van der Waals surface area contributed by atoms with Gasteiger partial charge in [0.25, 0.3) is 0 Å². The number of halogens is 1. The molecule has 8 heteroatoms. The van der Waals surface area contributed by atoms with E-state index < -0.39 is 0 Å². The molecule has 0 radical (unpaired) electrons. The van der Waals surface area contributed by atoms with Gasteiger partial charge < -0.3 is 10.2 Å². The molecule has 0 bridgehead atoms. The van der Waals surface area contributed by atoms with Gasteiger partial charge in [-0.25, -0.2) is 9.18 Å². The number of urea groups is 1. The lowest BCUT2D eigenvalue weighted by atomic mass is 9.93. The number of nitrogens with one attached hydrogen (secondary N) is 3. The number of fused-ring (bicyclic) bond motifs is 1. The van der Waals surface area contributed by atoms with Gasteiger partial charge in [0.15, 0.2) is 0 Å². The average Bonchev–Trinajstić information content (AvgIpc) is 3.53. The van der Waals surface area contributed by atoms with Crippen LogP contribution >= 0.6 is 0 Å². The normalized spacial score (nSPS) is 21.2. The molecule has 1 aliphatic heterocycles. The zero-order chi connectivity index (χ0) is 24.9. The first-order valence-electron chi connectivity index (χ1n) is 12.9. The summed E-state index contributed by atoms with van der Waals surface area (Å²) in [5, 5.41) is 7.87. The minimum atomic E-state index is -0.209. The number of hydrogen-bond donors (Lipinski definition) is 3. The number of amides is 2. The number of carbonyl (C=O) groups is 1. The highest BCUT2D eigenvalue weighted by Crippen LogP contribution is 2.30. The predicted octanol–water partition coefficient (Wildman–Crippen LogP) is 4.48. The lowest BCUT2D eigenvalue weighted by Gasteiger charge is -2.27. The molecule has 7 nitrogen and oxygen atoms in total. The van der Waals surface area contributed by atoms with Crippen molar-refractivity contribution in [1.29, 1.82) is 0 Å². The highest BCUT2D eigenvalue weighted by molar-refractivity contribution is 5.74. The first-order valence-corrected chi connectivity index (χ1v) is 12.9. The van der Waals surface area contributed by atoms with Crippen molar-refractivity contribution in [2.24, 2.45) is 0 Å². The Labute approximate surface area is 212 Å². The van der Waals surface area contributed by atoms with Gasteiger partial charge in [-0.1, -0.05) is 42.5 Å². The Morgan fingerprint density at radius 3 is 2.89 bits per heavy atom. The highest BCUT2D eigenvalue weighted by Gasteiger charge is 2.27. The number of aromatic nitrogens is 2. The standard InChI is InChI=1S/C28H35FN6O/c1-34(15-7-12-23-17-26(33-32-23)21-10-5-11-22(29)16-21)28(36)31-25-13-6-14-27-24(25)18-30-35(27)19-20-8-3-2-4-9-20/h2-5,8-11,16,18,23,25-26,32-33H,6-7,12-15,17,19H2,1H3,(H,31,36). The van der Waals surface area contributed by atoms with Crippen molar-refractivity contribution < 1.29 is 9.18 Å². The van der Waals surface area contributed by atoms with E-state index in [1.54, 1.807) is 17.0 Å². The summed E-state index contributed by atoms with van der Waals surface area (Å²) < 4.78 is 15.6. The lowest BCUT2D eigenvalue weighted by molar-refractivity contribution is 0.201. The second kappa shape index (κ2) is 11.2. The van der Waals surface area contributed by atoms with Crippen LogP contribution in [0.5, 0.6) is 0 Å². The Hall–Kier alpha value is -3.23. The molecule has 3 N–H and O–H groups in total. The Bertz CT molecular complexity index is 1170. The molecule has 3 unspecified atom stereocenters. The first kappa shape index (κ1) is 24.5. The average molecular weight is 491 g/mol. The molecule has 0 spiro atoms. The fraction of sp³-hybridized carbons (Fsp3) is 0.429. The molecule has 5 rings (SSSR count). The van der Waals surface area contributed by atoms with Gasteiger partial charge >= 0.3 is 6.03 Å². The third-order valence-corrected chi connectivity index (χ3v) is 7.36. The maximum atomic E-state index is 13.5. The van der Waals surface area contributed by atoms with Crippen LogP contribution in [0.15, 0.2) is 60.8 Å². The maximum Gasteiger partial charge on any atom is 0.317 e. The molecule has 2 amide bonds. The summed E-state index contributed by atoms with van der Waals surface area (Å²) in [7, 11) is 1.85. The van der Waals surface area contributed by atoms with Gasteiger partial charge in [-0.15, -0.1) is 0 Å². The Morgan fingerprint density at radius 1 is 1.19 bits per heavy atom. The second-order valence-electron chi connectivity index (χ2n) is 9.98. The zero-order valence-corrected chi connectivity index (χ0v) is 20.8. The van der Waals surface area contributed by atoms with E-state index in [0.717, 1.165) is 56.2 Å². The number of hydrazine groups is 1. The largest absolute Gasteiger partial charge is 0.331 e. The van der Waals surface area contributed by atoms with Crippen LogP contribution in [0, 0.1) is 5.82 Å². The lowest BCUT2D eigenvalue weighted by Crippen LogP contribution is -2.41. The summed E-state index contributed by atoms with van der Waals surface area (Å²) in [6.45, 7) is 1.43. The van der Waals surface area contributed by atoms with Crippen LogP contribution in [0.1, 0.15) is 66.6 Å². The molecular formula is C28H35FN6O. The van der Waals surface area contributed by atoms with E-state index in [1.165, 1.54) is 17.3 Å².